The Labute approximate surface area is 425 Å². The van der Waals surface area contributed by atoms with Gasteiger partial charge in [0.05, 0.1) is 51.6 Å². The molecule has 76 heavy (non-hydrogen) atoms. The second-order valence-corrected chi connectivity index (χ2v) is 24.3. The number of aliphatic hydroxyl groups is 3. The van der Waals surface area contributed by atoms with E-state index in [0.29, 0.717) is 0 Å². The average molecular weight is 1160 g/mol. The molecule has 3 fully saturated rings. The molecule has 5 aromatic rings. The molecule has 0 bridgehead atoms. The second kappa shape index (κ2) is 22.6. The van der Waals surface area contributed by atoms with Crippen molar-refractivity contribution in [3.8, 4) is 0 Å². The highest BCUT2D eigenvalue weighted by Gasteiger charge is 2.53. The van der Waals surface area contributed by atoms with E-state index < -0.39 is 153 Å². The summed E-state index contributed by atoms with van der Waals surface area (Å²) in [6.45, 7) is -2.72. The Bertz CT molecular complexity index is 3300. The van der Waals surface area contributed by atoms with Gasteiger partial charge in [-0.1, -0.05) is 4.98 Å². The van der Waals surface area contributed by atoms with Crippen LogP contribution in [0.25, 0.3) is 22.3 Å². The molecule has 5 aromatic heterocycles. The molecule has 8 rings (SSSR count). The van der Waals surface area contributed by atoms with Crippen molar-refractivity contribution in [1.82, 2.24) is 43.6 Å². The molecule has 3 saturated heterocycles. The Morgan fingerprint density at radius 2 is 1.47 bits per heavy atom. The Kier molecular flexibility index (Phi) is 17.2. The first-order valence-electron chi connectivity index (χ1n) is 22.4. The number of aromatic amines is 2. The largest absolute Gasteiger partial charge is 0.479 e. The smallest absolute Gasteiger partial charge is 0.387 e. The van der Waals surface area contributed by atoms with Crippen molar-refractivity contribution in [2.75, 3.05) is 64.4 Å². The van der Waals surface area contributed by atoms with Gasteiger partial charge in [0.2, 0.25) is 11.7 Å². The van der Waals surface area contributed by atoms with E-state index in [2.05, 4.69) is 29.2 Å². The number of anilines is 2. The van der Waals surface area contributed by atoms with E-state index in [1.54, 1.807) is 0 Å². The summed E-state index contributed by atoms with van der Waals surface area (Å²) in [5.74, 6) is -1.16. The predicted molar refractivity (Wildman–Crippen MR) is 250 cm³/mol. The molecule has 40 heteroatoms. The zero-order chi connectivity index (χ0) is 55.2. The number of aromatic nitrogens is 10. The van der Waals surface area contributed by atoms with Crippen LogP contribution < -0.4 is 32.8 Å². The van der Waals surface area contributed by atoms with E-state index in [1.807, 2.05) is 4.98 Å². The van der Waals surface area contributed by atoms with E-state index in [4.69, 9.17) is 53.2 Å². The zero-order valence-corrected chi connectivity index (χ0v) is 43.4. The number of nitrogen functional groups attached to an aromatic ring is 2. The lowest BCUT2D eigenvalue weighted by Gasteiger charge is -2.26. The number of phosphoric ester groups is 2. The third kappa shape index (κ3) is 12.5. The van der Waals surface area contributed by atoms with Gasteiger partial charge in [-0.05, 0) is 6.42 Å². The molecule has 0 spiro atoms. The number of hydrogen-bond acceptors (Lipinski definition) is 26. The first kappa shape index (κ1) is 57.6. The fourth-order valence-corrected chi connectivity index (χ4v) is 14.4. The number of rotatable bonds is 23. The Hall–Kier alpha value is -4.58. The summed E-state index contributed by atoms with van der Waals surface area (Å²) in [6, 6.07) is 0.942. The lowest BCUT2D eigenvalue weighted by molar-refractivity contribution is -0.745. The van der Waals surface area contributed by atoms with Crippen LogP contribution in [0.1, 0.15) is 25.1 Å². The summed E-state index contributed by atoms with van der Waals surface area (Å²) >= 11 is 0. The molecule has 3 aliphatic heterocycles. The first-order chi connectivity index (χ1) is 35.7. The number of methoxy groups -OCH3 is 2. The van der Waals surface area contributed by atoms with Crippen molar-refractivity contribution in [1.29, 1.82) is 0 Å². The molecule has 0 saturated carbocycles. The minimum absolute atomic E-state index is 0.0263. The molecule has 420 valence electrons. The summed E-state index contributed by atoms with van der Waals surface area (Å²) in [6.07, 6.45) is -14.6. The van der Waals surface area contributed by atoms with Crippen molar-refractivity contribution in [2.24, 2.45) is 13.0 Å². The number of nitrogens with two attached hydrogens (primary N) is 2. The van der Waals surface area contributed by atoms with Gasteiger partial charge in [-0.15, -0.1) is 0 Å². The number of nitrogens with one attached hydrogen (secondary N) is 2. The van der Waals surface area contributed by atoms with Crippen LogP contribution in [0.5, 0.6) is 0 Å². The molecule has 8 heterocycles. The van der Waals surface area contributed by atoms with E-state index in [1.165, 1.54) is 40.5 Å². The van der Waals surface area contributed by atoms with Crippen molar-refractivity contribution in [2.45, 2.75) is 73.9 Å². The summed E-state index contributed by atoms with van der Waals surface area (Å²) in [5, 5.41) is 32.7. The number of hydrogen-bond donors (Lipinski definition) is 11. The lowest BCUT2D eigenvalue weighted by Crippen LogP contribution is -2.45. The number of ether oxygens (including phenoxy) is 5. The summed E-state index contributed by atoms with van der Waals surface area (Å²) in [7, 11) is -17.2. The highest BCUT2D eigenvalue weighted by Crippen LogP contribution is 2.62. The number of imidazole rings is 2. The summed E-state index contributed by atoms with van der Waals surface area (Å²) < 4.78 is 112. The van der Waals surface area contributed by atoms with Gasteiger partial charge in [0.15, 0.2) is 30.2 Å². The third-order valence-electron chi connectivity index (χ3n) is 12.3. The van der Waals surface area contributed by atoms with Gasteiger partial charge in [0.1, 0.15) is 54.6 Å². The number of nitrogens with zero attached hydrogens (tertiary/aromatic N) is 8. The first-order valence-corrected chi connectivity index (χ1v) is 28.9. The maximum atomic E-state index is 13.6. The fraction of sp³-hybridized carbons (Fsp3) is 0.611. The van der Waals surface area contributed by atoms with E-state index in [-0.39, 0.29) is 47.1 Å². The number of H-pyrrole nitrogens is 2. The molecule has 0 radical (unpaired) electrons. The number of aryl methyl sites for hydroxylation is 1. The van der Waals surface area contributed by atoms with Crippen molar-refractivity contribution >= 4 is 64.9 Å². The topological polar surface area (TPSA) is 507 Å². The molecule has 16 atom stereocenters. The van der Waals surface area contributed by atoms with Crippen LogP contribution in [0.15, 0.2) is 45.6 Å². The summed E-state index contributed by atoms with van der Waals surface area (Å²) in [5.41, 5.74) is 9.59. The van der Waals surface area contributed by atoms with Gasteiger partial charge in [-0.25, -0.2) is 37.8 Å². The van der Waals surface area contributed by atoms with Crippen molar-refractivity contribution < 1.29 is 104 Å². The highest BCUT2D eigenvalue weighted by molar-refractivity contribution is 7.64. The molecule has 5 unspecified atom stereocenters. The van der Waals surface area contributed by atoms with Crippen LogP contribution in [0, 0.1) is 5.92 Å². The molecule has 36 nitrogen and oxygen atoms in total. The predicted octanol–water partition coefficient (Wildman–Crippen LogP) is -3.43. The van der Waals surface area contributed by atoms with Crippen molar-refractivity contribution in [3.05, 3.63) is 62.4 Å². The minimum Gasteiger partial charge on any atom is -0.387 e. The molecule has 13 N–H and O–H groups in total. The maximum Gasteiger partial charge on any atom is 0.479 e. The number of phosphoric acid groups is 2. The van der Waals surface area contributed by atoms with Crippen LogP contribution >= 0.6 is 30.8 Å². The normalized spacial score (nSPS) is 30.1. The molecule has 0 aromatic carbocycles. The van der Waals surface area contributed by atoms with E-state index in [9.17, 15) is 67.5 Å². The highest BCUT2D eigenvalue weighted by atomic mass is 31.3. The van der Waals surface area contributed by atoms with Gasteiger partial charge in [0, 0.05) is 39.0 Å². The van der Waals surface area contributed by atoms with Crippen LogP contribution in [-0.4, -0.2) is 180 Å². The van der Waals surface area contributed by atoms with Gasteiger partial charge < -0.3 is 74.6 Å². The fourth-order valence-electron chi connectivity index (χ4n) is 8.73. The van der Waals surface area contributed by atoms with Crippen LogP contribution in [0.4, 0.5) is 11.8 Å². The monoisotopic (exact) mass is 1160 g/mol. The van der Waals surface area contributed by atoms with Crippen molar-refractivity contribution in [3.63, 3.8) is 0 Å². The van der Waals surface area contributed by atoms with E-state index >= 15 is 0 Å². The Morgan fingerprint density at radius 1 is 0.789 bits per heavy atom. The molecule has 0 aliphatic carbocycles. The van der Waals surface area contributed by atoms with Crippen LogP contribution in [0.3, 0.4) is 0 Å². The minimum atomic E-state index is -5.52. The lowest BCUT2D eigenvalue weighted by atomic mass is 9.95. The Morgan fingerprint density at radius 3 is 2.18 bits per heavy atom. The molecular weight excluding hydrogens is 1110 g/mol. The zero-order valence-electron chi connectivity index (χ0n) is 39.9. The van der Waals surface area contributed by atoms with Gasteiger partial charge in [-0.2, -0.15) is 0 Å². The van der Waals surface area contributed by atoms with E-state index in [0.717, 1.165) is 30.3 Å². The molecular formula is C36H53N12O24P4+. The van der Waals surface area contributed by atoms with Crippen LogP contribution in [0.2, 0.25) is 0 Å². The van der Waals surface area contributed by atoms with Crippen LogP contribution in [-0.2, 0) is 71.4 Å². The third-order valence-corrected chi connectivity index (χ3v) is 18.1. The van der Waals surface area contributed by atoms with Gasteiger partial charge >= 0.3 is 42.2 Å². The SMILES string of the molecule is COCCC1[C@@H](O)[C@H]([n+]2cn(C)c3c(=O)[nH]c(N)nc32)O[C@@H]1COP(=O)(O)OP(=O)(O)CCP(=O)(O)OC[C@H]1O[C@@H](n2cnc3c(N)ncnc32)[C@H](OC)[C@@H]1OP(=O)(O)OC[C@H]1O[C@@H](n2ccc(=O)[nH]c2=O)[C@H](O)[C@@H]1O. The molecule has 3 aliphatic rings. The van der Waals surface area contributed by atoms with Gasteiger partial charge in [0.25, 0.3) is 17.1 Å². The summed E-state index contributed by atoms with van der Waals surface area (Å²) in [4.78, 5) is 100. The van der Waals surface area contributed by atoms with Gasteiger partial charge in [-0.3, -0.25) is 56.0 Å². The quantitative estimate of drug-likeness (QED) is 0.0224. The average Bonchev–Trinajstić information content (AvgIpc) is 4.20. The number of fused-ring (bicyclic) bond motifs is 2. The Balaban J connectivity index is 0.916. The maximum absolute atomic E-state index is 13.6. The number of aliphatic hydroxyl groups excluding tert-OH is 3. The standard InChI is InChI=1S/C36H52N12O24P4/c1-45-15-48(30-22(45)31(53)44-35(38)43-30)32-23(50)16(5-7-63-2)17(68-32)10-67-76(61,62)72-74(57,58)9-8-73(55,56)65-12-19-26(27(64-3)34(70-19)47-14-41-21-28(37)39-13-40-29(21)47)71-75(59,60)66-11-18-24(51)25(52)33(69-18)46-6-4-20(49)42-36(46)54/h4,6,13-19,23-27,32-34,50-52H,5,7-12H2,1-3H3,(H9-,37,38,39,40,42,43,44,49,53,54,55,56,57,58,59,60,61,62)/p+1/t16?,17-,18-,19-,23-,24-,25-,26-,27-,32-,33-,34-/m1/s1. The molecule has 0 amide bonds. The second-order valence-electron chi connectivity index (χ2n) is 17.4.